The molecule has 0 spiro atoms. The number of rotatable bonds is 7. The van der Waals surface area contributed by atoms with E-state index in [0.29, 0.717) is 0 Å². The van der Waals surface area contributed by atoms with E-state index in [1.165, 1.54) is 31.3 Å². The Morgan fingerprint density at radius 3 is 2.36 bits per heavy atom. The van der Waals surface area contributed by atoms with Crippen molar-refractivity contribution in [3.8, 4) is 0 Å². The minimum atomic E-state index is 1.01. The molecule has 0 saturated heterocycles. The van der Waals surface area contributed by atoms with Crippen molar-refractivity contribution in [2.75, 3.05) is 0 Å². The van der Waals surface area contributed by atoms with Crippen LogP contribution >= 0.6 is 0 Å². The average molecular weight is 192 g/mol. The maximum absolute atomic E-state index is 3.73. The monoisotopic (exact) mass is 192 g/mol. The summed E-state index contributed by atoms with van der Waals surface area (Å²) in [5, 5.41) is 0. The fourth-order valence-corrected chi connectivity index (χ4v) is 1.32. The lowest BCUT2D eigenvalue weighted by Gasteiger charge is -2.02. The molecule has 0 amide bonds. The van der Waals surface area contributed by atoms with E-state index in [2.05, 4.69) is 39.5 Å². The van der Waals surface area contributed by atoms with Gasteiger partial charge in [-0.15, -0.1) is 6.58 Å². The van der Waals surface area contributed by atoms with Crippen molar-refractivity contribution in [1.82, 2.24) is 0 Å². The van der Waals surface area contributed by atoms with Gasteiger partial charge in [-0.2, -0.15) is 0 Å². The van der Waals surface area contributed by atoms with E-state index in [9.17, 15) is 0 Å². The molecule has 14 heavy (non-hydrogen) atoms. The molecule has 0 bridgehead atoms. The van der Waals surface area contributed by atoms with Gasteiger partial charge in [-0.25, -0.2) is 0 Å². The second-order valence-corrected chi connectivity index (χ2v) is 3.68. The second kappa shape index (κ2) is 8.80. The van der Waals surface area contributed by atoms with Gasteiger partial charge >= 0.3 is 0 Å². The summed E-state index contributed by atoms with van der Waals surface area (Å²) in [6, 6.07) is 0. The lowest BCUT2D eigenvalue weighted by Crippen LogP contribution is -1.82. The minimum Gasteiger partial charge on any atom is -0.103 e. The summed E-state index contributed by atoms with van der Waals surface area (Å²) < 4.78 is 0. The van der Waals surface area contributed by atoms with Crippen LogP contribution in [0.4, 0.5) is 0 Å². The maximum atomic E-state index is 3.73. The molecule has 80 valence electrons. The molecule has 0 nitrogen and oxygen atoms in total. The lowest BCUT2D eigenvalue weighted by atomic mass is 10.0. The minimum absolute atomic E-state index is 1.01. The molecular weight excluding hydrogens is 168 g/mol. The van der Waals surface area contributed by atoms with Crippen molar-refractivity contribution in [2.24, 2.45) is 0 Å². The summed E-state index contributed by atoms with van der Waals surface area (Å²) in [6.45, 7) is 10.4. The molecule has 0 aliphatic carbocycles. The van der Waals surface area contributed by atoms with E-state index in [-0.39, 0.29) is 0 Å². The molecule has 0 radical (unpaired) electrons. The van der Waals surface area contributed by atoms with E-state index in [4.69, 9.17) is 0 Å². The molecule has 0 N–H and O–H groups in total. The quantitative estimate of drug-likeness (QED) is 0.496. The van der Waals surface area contributed by atoms with Crippen molar-refractivity contribution in [3.63, 3.8) is 0 Å². The average Bonchev–Trinajstić information content (AvgIpc) is 2.22. The lowest BCUT2D eigenvalue weighted by molar-refractivity contribution is 0.888. The third-order valence-electron chi connectivity index (χ3n) is 2.54. The molecule has 0 rings (SSSR count). The van der Waals surface area contributed by atoms with Crippen molar-refractivity contribution in [1.29, 1.82) is 0 Å². The molecule has 0 aromatic heterocycles. The molecule has 0 atom stereocenters. The number of hydrogen-bond donors (Lipinski definition) is 0. The first-order chi connectivity index (χ1) is 6.74. The van der Waals surface area contributed by atoms with Crippen LogP contribution in [0.15, 0.2) is 36.0 Å². The van der Waals surface area contributed by atoms with Gasteiger partial charge in [-0.3, -0.25) is 0 Å². The van der Waals surface area contributed by atoms with Gasteiger partial charge in [0.25, 0.3) is 0 Å². The van der Waals surface area contributed by atoms with Gasteiger partial charge in [0.15, 0.2) is 0 Å². The summed E-state index contributed by atoms with van der Waals surface area (Å²) in [5.74, 6) is 0. The van der Waals surface area contributed by atoms with Crippen LogP contribution in [0.2, 0.25) is 0 Å². The summed E-state index contributed by atoms with van der Waals surface area (Å²) >= 11 is 0. The first-order valence-corrected chi connectivity index (χ1v) is 5.69. The van der Waals surface area contributed by atoms with E-state index in [1.807, 2.05) is 6.08 Å². The van der Waals surface area contributed by atoms with Crippen molar-refractivity contribution in [2.45, 2.75) is 52.9 Å². The normalized spacial score (nSPS) is 13.1. The topological polar surface area (TPSA) is 0 Å². The predicted molar refractivity (Wildman–Crippen MR) is 66.5 cm³/mol. The molecule has 0 heterocycles. The van der Waals surface area contributed by atoms with Gasteiger partial charge in [0, 0.05) is 0 Å². The highest BCUT2D eigenvalue weighted by molar-refractivity contribution is 5.06. The smallest absolute Gasteiger partial charge is 0.0169 e. The highest BCUT2D eigenvalue weighted by Gasteiger charge is 1.92. The van der Waals surface area contributed by atoms with Crippen LogP contribution in [0.1, 0.15) is 52.9 Å². The van der Waals surface area contributed by atoms with Crippen LogP contribution in [-0.4, -0.2) is 0 Å². The van der Waals surface area contributed by atoms with E-state index in [0.717, 1.165) is 6.42 Å². The van der Waals surface area contributed by atoms with Gasteiger partial charge in [0.2, 0.25) is 0 Å². The fraction of sp³-hybridized carbons (Fsp3) is 0.571. The predicted octanol–water partition coefficient (Wildman–Crippen LogP) is 5.04. The van der Waals surface area contributed by atoms with Crippen LogP contribution in [-0.2, 0) is 0 Å². The van der Waals surface area contributed by atoms with Crippen molar-refractivity contribution < 1.29 is 0 Å². The Kier molecular flexibility index (Phi) is 8.31. The third-order valence-corrected chi connectivity index (χ3v) is 2.54. The molecule has 0 aromatic rings. The van der Waals surface area contributed by atoms with Crippen LogP contribution in [0, 0.1) is 0 Å². The Morgan fingerprint density at radius 2 is 1.86 bits per heavy atom. The molecule has 0 aliphatic heterocycles. The zero-order valence-electron chi connectivity index (χ0n) is 9.97. The Hall–Kier alpha value is -0.780. The Bertz CT molecular complexity index is 206. The van der Waals surface area contributed by atoms with Crippen LogP contribution in [0.3, 0.4) is 0 Å². The molecule has 0 saturated carbocycles. The van der Waals surface area contributed by atoms with E-state index < -0.39 is 0 Å². The van der Waals surface area contributed by atoms with Crippen molar-refractivity contribution >= 4 is 0 Å². The van der Waals surface area contributed by atoms with Gasteiger partial charge in [-0.05, 0) is 39.0 Å². The van der Waals surface area contributed by atoms with Crippen molar-refractivity contribution in [3.05, 3.63) is 36.0 Å². The molecule has 0 heteroatoms. The molecule has 0 fully saturated rings. The molecule has 0 unspecified atom stereocenters. The van der Waals surface area contributed by atoms with Gasteiger partial charge in [-0.1, -0.05) is 43.2 Å². The van der Waals surface area contributed by atoms with Crippen LogP contribution in [0.5, 0.6) is 0 Å². The van der Waals surface area contributed by atoms with E-state index in [1.54, 1.807) is 5.57 Å². The highest BCUT2D eigenvalue weighted by Crippen LogP contribution is 2.12. The number of allylic oxidation sites excluding steroid dienone is 5. The van der Waals surface area contributed by atoms with Gasteiger partial charge in [0.05, 0.1) is 0 Å². The largest absolute Gasteiger partial charge is 0.103 e. The highest BCUT2D eigenvalue weighted by atomic mass is 14.0. The number of hydrogen-bond acceptors (Lipinski definition) is 0. The summed E-state index contributed by atoms with van der Waals surface area (Å²) in [4.78, 5) is 0. The van der Waals surface area contributed by atoms with Gasteiger partial charge in [0.1, 0.15) is 0 Å². The van der Waals surface area contributed by atoms with Crippen LogP contribution in [0.25, 0.3) is 0 Å². The SMILES string of the molecule is C=CCC=C(CC)CC/C=C(\C)CC. The molecule has 0 aliphatic rings. The third kappa shape index (κ3) is 6.71. The summed E-state index contributed by atoms with van der Waals surface area (Å²) in [6.07, 6.45) is 12.4. The second-order valence-electron chi connectivity index (χ2n) is 3.68. The Labute approximate surface area is 89.4 Å². The fourth-order valence-electron chi connectivity index (χ4n) is 1.32. The van der Waals surface area contributed by atoms with Gasteiger partial charge < -0.3 is 0 Å². The Morgan fingerprint density at radius 1 is 1.14 bits per heavy atom. The van der Waals surface area contributed by atoms with Crippen LogP contribution < -0.4 is 0 Å². The molecular formula is C14H24. The Balaban J connectivity index is 3.89. The zero-order valence-corrected chi connectivity index (χ0v) is 9.97. The standard InChI is InChI=1S/C14H24/c1-5-8-11-14(7-3)12-9-10-13(4)6-2/h5,10-11H,1,6-9,12H2,2-4H3/b13-10+,14-11?. The maximum Gasteiger partial charge on any atom is -0.0169 e. The van der Waals surface area contributed by atoms with E-state index >= 15 is 0 Å². The first-order valence-electron chi connectivity index (χ1n) is 5.69. The zero-order chi connectivity index (χ0) is 10.8. The molecule has 0 aromatic carbocycles. The summed E-state index contributed by atoms with van der Waals surface area (Å²) in [5.41, 5.74) is 3.06. The summed E-state index contributed by atoms with van der Waals surface area (Å²) in [7, 11) is 0. The first kappa shape index (κ1) is 13.2.